The Balaban J connectivity index is 1.77. The van der Waals surface area contributed by atoms with Crippen molar-refractivity contribution in [3.63, 3.8) is 0 Å². The summed E-state index contributed by atoms with van der Waals surface area (Å²) in [6.07, 6.45) is -0.735. The maximum atomic E-state index is 12.2. The van der Waals surface area contributed by atoms with Gasteiger partial charge in [0, 0.05) is 20.0 Å². The quantitative estimate of drug-likeness (QED) is 0.540. The summed E-state index contributed by atoms with van der Waals surface area (Å²) < 4.78 is 10.3. The zero-order valence-corrected chi connectivity index (χ0v) is 15.6. The SMILES string of the molecule is COc1ccccc1NC(=O)[C@H](C)OC(=O)CCCN1C(=O)CN(C)C1=O. The van der Waals surface area contributed by atoms with E-state index in [1.165, 1.54) is 26.0 Å². The van der Waals surface area contributed by atoms with E-state index in [4.69, 9.17) is 9.47 Å². The van der Waals surface area contributed by atoms with Crippen molar-refractivity contribution in [3.8, 4) is 5.75 Å². The molecule has 1 heterocycles. The van der Waals surface area contributed by atoms with Crippen molar-refractivity contribution in [1.29, 1.82) is 0 Å². The number of hydrogen-bond donors (Lipinski definition) is 1. The summed E-state index contributed by atoms with van der Waals surface area (Å²) in [5.41, 5.74) is 0.475. The van der Waals surface area contributed by atoms with E-state index in [1.807, 2.05) is 0 Å². The molecule has 1 aromatic carbocycles. The van der Waals surface area contributed by atoms with E-state index in [0.29, 0.717) is 11.4 Å². The van der Waals surface area contributed by atoms with Gasteiger partial charge in [-0.1, -0.05) is 12.1 Å². The van der Waals surface area contributed by atoms with Crippen LogP contribution in [0.3, 0.4) is 0 Å². The number of ether oxygens (including phenoxy) is 2. The van der Waals surface area contributed by atoms with Gasteiger partial charge in [-0.2, -0.15) is 0 Å². The van der Waals surface area contributed by atoms with Crippen molar-refractivity contribution in [3.05, 3.63) is 24.3 Å². The van der Waals surface area contributed by atoms with Crippen molar-refractivity contribution in [2.75, 3.05) is 32.6 Å². The molecular formula is C18H23N3O6. The summed E-state index contributed by atoms with van der Waals surface area (Å²) in [6, 6.07) is 6.51. The normalized spacial score (nSPS) is 14.9. The van der Waals surface area contributed by atoms with Gasteiger partial charge in [0.1, 0.15) is 12.3 Å². The van der Waals surface area contributed by atoms with Crippen molar-refractivity contribution in [1.82, 2.24) is 9.80 Å². The number of amides is 4. The number of benzene rings is 1. The summed E-state index contributed by atoms with van der Waals surface area (Å²) in [6.45, 7) is 1.65. The minimum atomic E-state index is -0.997. The van der Waals surface area contributed by atoms with Crippen molar-refractivity contribution in [2.24, 2.45) is 0 Å². The Hall–Kier alpha value is -3.10. The molecule has 1 atom stereocenters. The lowest BCUT2D eigenvalue weighted by molar-refractivity contribution is -0.153. The monoisotopic (exact) mass is 377 g/mol. The first-order valence-electron chi connectivity index (χ1n) is 8.52. The first-order chi connectivity index (χ1) is 12.8. The topological polar surface area (TPSA) is 105 Å². The first-order valence-corrected chi connectivity index (χ1v) is 8.52. The molecule has 0 aromatic heterocycles. The molecule has 1 aliphatic rings. The number of esters is 1. The van der Waals surface area contributed by atoms with E-state index >= 15 is 0 Å². The summed E-state index contributed by atoms with van der Waals surface area (Å²) >= 11 is 0. The van der Waals surface area contributed by atoms with Crippen LogP contribution in [0.2, 0.25) is 0 Å². The highest BCUT2D eigenvalue weighted by molar-refractivity contribution is 6.01. The van der Waals surface area contributed by atoms with Gasteiger partial charge in [0.05, 0.1) is 12.8 Å². The third-order valence-electron chi connectivity index (χ3n) is 4.04. The average molecular weight is 377 g/mol. The van der Waals surface area contributed by atoms with Gasteiger partial charge in [-0.25, -0.2) is 4.79 Å². The number of likely N-dealkylation sites (N-methyl/N-ethyl adjacent to an activating group) is 1. The Morgan fingerprint density at radius 3 is 2.59 bits per heavy atom. The third kappa shape index (κ3) is 5.19. The van der Waals surface area contributed by atoms with Crippen molar-refractivity contribution >= 4 is 29.5 Å². The minimum absolute atomic E-state index is 0.00689. The second-order valence-corrected chi connectivity index (χ2v) is 6.11. The van der Waals surface area contributed by atoms with Gasteiger partial charge in [-0.15, -0.1) is 0 Å². The molecule has 9 nitrogen and oxygen atoms in total. The van der Waals surface area contributed by atoms with Gasteiger partial charge in [0.15, 0.2) is 6.10 Å². The fourth-order valence-corrected chi connectivity index (χ4v) is 2.56. The molecule has 0 bridgehead atoms. The molecule has 0 spiro atoms. The van der Waals surface area contributed by atoms with Crippen LogP contribution in [-0.4, -0.2) is 67.0 Å². The van der Waals surface area contributed by atoms with Gasteiger partial charge in [-0.05, 0) is 25.5 Å². The van der Waals surface area contributed by atoms with E-state index in [0.717, 1.165) is 4.90 Å². The van der Waals surface area contributed by atoms with Gasteiger partial charge in [0.2, 0.25) is 5.91 Å². The Morgan fingerprint density at radius 2 is 1.96 bits per heavy atom. The van der Waals surface area contributed by atoms with E-state index in [9.17, 15) is 19.2 Å². The number of anilines is 1. The minimum Gasteiger partial charge on any atom is -0.495 e. The third-order valence-corrected chi connectivity index (χ3v) is 4.04. The predicted octanol–water partition coefficient (Wildman–Crippen LogP) is 1.24. The van der Waals surface area contributed by atoms with E-state index in [1.54, 1.807) is 24.3 Å². The summed E-state index contributed by atoms with van der Waals surface area (Å²) in [7, 11) is 3.03. The lowest BCUT2D eigenvalue weighted by Gasteiger charge is -2.16. The van der Waals surface area contributed by atoms with Gasteiger partial charge in [0.25, 0.3) is 5.91 Å². The molecule has 0 saturated carbocycles. The molecule has 1 fully saturated rings. The van der Waals surface area contributed by atoms with Crippen LogP contribution in [0.15, 0.2) is 24.3 Å². The molecule has 2 rings (SSSR count). The van der Waals surface area contributed by atoms with Crippen LogP contribution in [0.5, 0.6) is 5.75 Å². The molecule has 1 aliphatic heterocycles. The predicted molar refractivity (Wildman–Crippen MR) is 96.2 cm³/mol. The summed E-state index contributed by atoms with van der Waals surface area (Å²) in [5, 5.41) is 2.64. The summed E-state index contributed by atoms with van der Waals surface area (Å²) in [5.74, 6) is -0.862. The lowest BCUT2D eigenvalue weighted by Crippen LogP contribution is -2.33. The Labute approximate surface area is 157 Å². The Morgan fingerprint density at radius 1 is 1.26 bits per heavy atom. The number of imide groups is 1. The summed E-state index contributed by atoms with van der Waals surface area (Å²) in [4.78, 5) is 49.9. The van der Waals surface area contributed by atoms with Crippen LogP contribution in [0.25, 0.3) is 0 Å². The van der Waals surface area contributed by atoms with Crippen LogP contribution in [0.1, 0.15) is 19.8 Å². The number of nitrogens with zero attached hydrogens (tertiary/aromatic N) is 2. The molecule has 1 N–H and O–H groups in total. The van der Waals surface area contributed by atoms with Gasteiger partial charge < -0.3 is 19.7 Å². The number of rotatable bonds is 8. The highest BCUT2D eigenvalue weighted by Gasteiger charge is 2.33. The molecule has 0 aliphatic carbocycles. The largest absolute Gasteiger partial charge is 0.495 e. The first kappa shape index (κ1) is 20.2. The van der Waals surface area contributed by atoms with E-state index in [2.05, 4.69) is 5.32 Å². The van der Waals surface area contributed by atoms with Crippen molar-refractivity contribution < 1.29 is 28.7 Å². The van der Waals surface area contributed by atoms with E-state index in [-0.39, 0.29) is 37.9 Å². The fourth-order valence-electron chi connectivity index (χ4n) is 2.56. The second-order valence-electron chi connectivity index (χ2n) is 6.11. The molecule has 0 unspecified atom stereocenters. The smallest absolute Gasteiger partial charge is 0.326 e. The second kappa shape index (κ2) is 9.02. The number of hydrogen-bond acceptors (Lipinski definition) is 6. The molecule has 1 aromatic rings. The molecule has 146 valence electrons. The number of carbonyl (C=O) groups excluding carboxylic acids is 4. The number of methoxy groups -OCH3 is 1. The van der Waals surface area contributed by atoms with Gasteiger partial charge >= 0.3 is 12.0 Å². The zero-order chi connectivity index (χ0) is 20.0. The fraction of sp³-hybridized carbons (Fsp3) is 0.444. The molecule has 9 heteroatoms. The van der Waals surface area contributed by atoms with Crippen LogP contribution in [-0.2, 0) is 19.1 Å². The highest BCUT2D eigenvalue weighted by Crippen LogP contribution is 2.23. The molecule has 0 radical (unpaired) electrons. The van der Waals surface area contributed by atoms with E-state index < -0.39 is 18.0 Å². The van der Waals surface area contributed by atoms with Gasteiger partial charge in [-0.3, -0.25) is 19.3 Å². The number of para-hydroxylation sites is 2. The Kier molecular flexibility index (Phi) is 6.75. The molecule has 1 saturated heterocycles. The maximum absolute atomic E-state index is 12.2. The maximum Gasteiger partial charge on any atom is 0.326 e. The molecule has 4 amide bonds. The lowest BCUT2D eigenvalue weighted by atomic mass is 10.2. The number of nitrogens with one attached hydrogen (secondary N) is 1. The zero-order valence-electron chi connectivity index (χ0n) is 15.6. The number of urea groups is 1. The van der Waals surface area contributed by atoms with Crippen LogP contribution in [0.4, 0.5) is 10.5 Å². The van der Waals surface area contributed by atoms with Crippen LogP contribution < -0.4 is 10.1 Å². The van der Waals surface area contributed by atoms with Crippen LogP contribution >= 0.6 is 0 Å². The van der Waals surface area contributed by atoms with Crippen LogP contribution in [0, 0.1) is 0 Å². The molecular weight excluding hydrogens is 354 g/mol. The molecule has 27 heavy (non-hydrogen) atoms. The number of carbonyl (C=O) groups is 4. The standard InChI is InChI=1S/C18H23N3O6/c1-12(17(24)19-13-7-4-5-8-14(13)26-3)27-16(23)9-6-10-21-15(22)11-20(2)18(21)25/h4-5,7-8,12H,6,9-11H2,1-3H3,(H,19,24)/t12-/m0/s1. The highest BCUT2D eigenvalue weighted by atomic mass is 16.5. The Bertz CT molecular complexity index is 736. The average Bonchev–Trinajstić information content (AvgIpc) is 2.88. The van der Waals surface area contributed by atoms with Crippen molar-refractivity contribution in [2.45, 2.75) is 25.9 Å².